The van der Waals surface area contributed by atoms with Gasteiger partial charge in [0.25, 0.3) is 0 Å². The molecule has 0 aromatic carbocycles. The minimum Gasteiger partial charge on any atom is -0.294 e. The van der Waals surface area contributed by atoms with E-state index in [1.54, 1.807) is 15.3 Å². The number of hydrogen-bond acceptors (Lipinski definition) is 5. The lowest BCUT2D eigenvalue weighted by molar-refractivity contribution is 0.0993. The summed E-state index contributed by atoms with van der Waals surface area (Å²) in [7, 11) is 1.85. The number of aryl methyl sites for hydroxylation is 2. The minimum absolute atomic E-state index is 0.0523. The zero-order valence-corrected chi connectivity index (χ0v) is 14.2. The first-order valence-electron chi connectivity index (χ1n) is 7.99. The van der Waals surface area contributed by atoms with E-state index in [0.717, 1.165) is 23.1 Å². The average molecular weight is 350 g/mol. The van der Waals surface area contributed by atoms with Crippen molar-refractivity contribution in [3.8, 4) is 11.3 Å². The van der Waals surface area contributed by atoms with Gasteiger partial charge in [0.1, 0.15) is 12.1 Å². The van der Waals surface area contributed by atoms with Crippen molar-refractivity contribution in [1.29, 1.82) is 0 Å². The van der Waals surface area contributed by atoms with Crippen molar-refractivity contribution < 1.29 is 9.18 Å². The maximum absolute atomic E-state index is 13.0. The first-order valence-corrected chi connectivity index (χ1v) is 7.99. The number of carbonyl (C=O) groups is 1. The summed E-state index contributed by atoms with van der Waals surface area (Å²) in [4.78, 5) is 21.0. The van der Waals surface area contributed by atoms with Gasteiger partial charge in [-0.05, 0) is 31.2 Å². The van der Waals surface area contributed by atoms with Crippen molar-refractivity contribution >= 4 is 11.4 Å². The van der Waals surface area contributed by atoms with Gasteiger partial charge in [-0.2, -0.15) is 10.2 Å². The van der Waals surface area contributed by atoms with Crippen LogP contribution >= 0.6 is 0 Å². The van der Waals surface area contributed by atoms with E-state index in [1.165, 1.54) is 18.5 Å². The molecule has 4 rings (SSSR count). The van der Waals surface area contributed by atoms with E-state index in [2.05, 4.69) is 20.2 Å². The molecule has 130 valence electrons. The molecule has 0 N–H and O–H groups in total. The Kier molecular flexibility index (Phi) is 3.80. The predicted octanol–water partition coefficient (Wildman–Crippen LogP) is 2.40. The molecule has 0 aliphatic carbocycles. The maximum Gasteiger partial charge on any atom is 0.172 e. The smallest absolute Gasteiger partial charge is 0.172 e. The fourth-order valence-corrected chi connectivity index (χ4v) is 2.92. The number of carbonyl (C=O) groups excluding carboxylic acids is 1. The highest BCUT2D eigenvalue weighted by molar-refractivity contribution is 6.03. The number of hydrogen-bond donors (Lipinski definition) is 0. The van der Waals surface area contributed by atoms with Crippen LogP contribution in [0.15, 0.2) is 43.0 Å². The molecule has 0 radical (unpaired) electrons. The molecule has 8 heteroatoms. The Morgan fingerprint density at radius 1 is 1.23 bits per heavy atom. The summed E-state index contributed by atoms with van der Waals surface area (Å²) in [6.45, 7) is 1.91. The van der Waals surface area contributed by atoms with Crippen molar-refractivity contribution in [2.75, 3.05) is 0 Å². The number of pyridine rings is 2. The molecule has 0 aliphatic rings. The Morgan fingerprint density at radius 3 is 2.77 bits per heavy atom. The molecule has 0 aliphatic heterocycles. The van der Waals surface area contributed by atoms with Gasteiger partial charge in [-0.25, -0.2) is 13.9 Å². The van der Waals surface area contributed by atoms with Gasteiger partial charge in [0, 0.05) is 24.5 Å². The normalized spacial score (nSPS) is 11.2. The molecule has 4 aromatic heterocycles. The maximum atomic E-state index is 13.0. The Bertz CT molecular complexity index is 1110. The number of aromatic nitrogens is 6. The second-order valence-electron chi connectivity index (χ2n) is 6.03. The summed E-state index contributed by atoms with van der Waals surface area (Å²) >= 11 is 0. The third-order valence-corrected chi connectivity index (χ3v) is 4.10. The van der Waals surface area contributed by atoms with Gasteiger partial charge in [-0.1, -0.05) is 0 Å². The van der Waals surface area contributed by atoms with E-state index in [1.807, 2.05) is 26.2 Å². The zero-order valence-electron chi connectivity index (χ0n) is 14.2. The quantitative estimate of drug-likeness (QED) is 0.528. The van der Waals surface area contributed by atoms with Crippen LogP contribution in [0.2, 0.25) is 0 Å². The lowest BCUT2D eigenvalue weighted by Crippen LogP contribution is -2.09. The molecule has 26 heavy (non-hydrogen) atoms. The molecule has 0 atom stereocenters. The van der Waals surface area contributed by atoms with E-state index in [4.69, 9.17) is 0 Å². The van der Waals surface area contributed by atoms with Gasteiger partial charge < -0.3 is 0 Å². The number of ketones is 1. The van der Waals surface area contributed by atoms with Crippen molar-refractivity contribution in [2.24, 2.45) is 7.05 Å². The number of Topliss-reactive ketones (excluding diaryl/α,β-unsaturated/α-hetero) is 1. The second-order valence-corrected chi connectivity index (χ2v) is 6.03. The SMILES string of the molecule is Cc1cc(-c2cc(C(=O)Cc3ccc(F)cn3)c3ncnn3c2)n(C)n1. The van der Waals surface area contributed by atoms with Crippen LogP contribution in [0.1, 0.15) is 21.7 Å². The van der Waals surface area contributed by atoms with Crippen LogP contribution in [-0.2, 0) is 13.5 Å². The summed E-state index contributed by atoms with van der Waals surface area (Å²) in [6, 6.07) is 6.51. The Hall–Kier alpha value is -3.42. The van der Waals surface area contributed by atoms with Crippen LogP contribution in [0.4, 0.5) is 4.39 Å². The van der Waals surface area contributed by atoms with E-state index < -0.39 is 5.82 Å². The van der Waals surface area contributed by atoms with Crippen LogP contribution in [0.25, 0.3) is 16.9 Å². The number of rotatable bonds is 4. The van der Waals surface area contributed by atoms with Gasteiger partial charge in [0.2, 0.25) is 0 Å². The molecule has 0 fully saturated rings. The fourth-order valence-electron chi connectivity index (χ4n) is 2.92. The summed E-state index contributed by atoms with van der Waals surface area (Å²) < 4.78 is 16.3. The molecular weight excluding hydrogens is 335 g/mol. The van der Waals surface area contributed by atoms with Gasteiger partial charge in [0.05, 0.1) is 29.6 Å². The highest BCUT2D eigenvalue weighted by atomic mass is 19.1. The third-order valence-electron chi connectivity index (χ3n) is 4.10. The first kappa shape index (κ1) is 16.1. The van der Waals surface area contributed by atoms with E-state index >= 15 is 0 Å². The number of halogens is 1. The Balaban J connectivity index is 1.78. The molecule has 0 amide bonds. The molecule has 0 saturated heterocycles. The molecule has 0 saturated carbocycles. The summed E-state index contributed by atoms with van der Waals surface area (Å²) in [5.41, 5.74) is 3.96. The first-order chi connectivity index (χ1) is 12.5. The largest absolute Gasteiger partial charge is 0.294 e. The predicted molar refractivity (Wildman–Crippen MR) is 92.2 cm³/mol. The Morgan fingerprint density at radius 2 is 2.08 bits per heavy atom. The fraction of sp³-hybridized carbons (Fsp3) is 0.167. The average Bonchev–Trinajstić information content (AvgIpc) is 3.21. The molecule has 4 aromatic rings. The monoisotopic (exact) mass is 350 g/mol. The van der Waals surface area contributed by atoms with Crippen LogP contribution in [-0.4, -0.2) is 35.1 Å². The number of nitrogens with zero attached hydrogens (tertiary/aromatic N) is 6. The van der Waals surface area contributed by atoms with Crippen LogP contribution < -0.4 is 0 Å². The second kappa shape index (κ2) is 6.14. The van der Waals surface area contributed by atoms with Gasteiger partial charge in [-0.15, -0.1) is 0 Å². The van der Waals surface area contributed by atoms with Gasteiger partial charge in [-0.3, -0.25) is 14.5 Å². The molecule has 0 bridgehead atoms. The lowest BCUT2D eigenvalue weighted by Gasteiger charge is -2.07. The highest BCUT2D eigenvalue weighted by Gasteiger charge is 2.17. The van der Waals surface area contributed by atoms with E-state index in [-0.39, 0.29) is 12.2 Å². The van der Waals surface area contributed by atoms with Crippen LogP contribution in [0.5, 0.6) is 0 Å². The van der Waals surface area contributed by atoms with Crippen LogP contribution in [0, 0.1) is 12.7 Å². The zero-order chi connectivity index (χ0) is 18.3. The molecule has 0 spiro atoms. The summed E-state index contributed by atoms with van der Waals surface area (Å²) in [5, 5.41) is 8.51. The van der Waals surface area contributed by atoms with Crippen molar-refractivity contribution in [1.82, 2.24) is 29.4 Å². The van der Waals surface area contributed by atoms with Gasteiger partial charge >= 0.3 is 0 Å². The molecular formula is C18H15FN6O. The number of fused-ring (bicyclic) bond motifs is 1. The lowest BCUT2D eigenvalue weighted by atomic mass is 10.0. The molecule has 7 nitrogen and oxygen atoms in total. The minimum atomic E-state index is -0.436. The standard InChI is InChI=1S/C18H15FN6O/c1-11-5-16(24(2)23-11)12-6-15(18-21-10-22-25(18)9-12)17(26)7-14-4-3-13(19)8-20-14/h3-6,8-10H,7H2,1-2H3. The van der Waals surface area contributed by atoms with Crippen molar-refractivity contribution in [3.05, 3.63) is 65.8 Å². The van der Waals surface area contributed by atoms with Crippen molar-refractivity contribution in [3.63, 3.8) is 0 Å². The van der Waals surface area contributed by atoms with E-state index in [0.29, 0.717) is 16.9 Å². The Labute approximate surface area is 148 Å². The summed E-state index contributed by atoms with van der Waals surface area (Å²) in [5.74, 6) is -0.600. The summed E-state index contributed by atoms with van der Waals surface area (Å²) in [6.07, 6.45) is 4.37. The third kappa shape index (κ3) is 2.85. The van der Waals surface area contributed by atoms with Crippen LogP contribution in [0.3, 0.4) is 0 Å². The van der Waals surface area contributed by atoms with E-state index in [9.17, 15) is 9.18 Å². The molecule has 4 heterocycles. The van der Waals surface area contributed by atoms with Gasteiger partial charge in [0.15, 0.2) is 11.4 Å². The highest BCUT2D eigenvalue weighted by Crippen LogP contribution is 2.23. The topological polar surface area (TPSA) is 78.0 Å². The van der Waals surface area contributed by atoms with Crippen molar-refractivity contribution in [2.45, 2.75) is 13.3 Å². The molecule has 0 unspecified atom stereocenters.